The van der Waals surface area contributed by atoms with Gasteiger partial charge in [-0.25, -0.2) is 17.6 Å². The molecule has 0 aliphatic heterocycles. The summed E-state index contributed by atoms with van der Waals surface area (Å²) in [7, 11) is 0. The van der Waals surface area contributed by atoms with Gasteiger partial charge in [0, 0.05) is 6.42 Å². The number of ether oxygens (including phenoxy) is 1. The highest BCUT2D eigenvalue weighted by atomic mass is 19.3. The van der Waals surface area contributed by atoms with E-state index in [0.717, 1.165) is 6.42 Å². The predicted molar refractivity (Wildman–Crippen MR) is 87.9 cm³/mol. The monoisotopic (exact) mass is 376 g/mol. The Balaban J connectivity index is 1.27. The summed E-state index contributed by atoms with van der Waals surface area (Å²) in [6.45, 7) is 4.43. The average Bonchev–Trinajstić information content (AvgIpc) is 2.83. The van der Waals surface area contributed by atoms with Crippen molar-refractivity contribution in [3.05, 3.63) is 0 Å². The molecule has 5 rings (SSSR count). The number of carbonyl (C=O) groups excluding carboxylic acids is 1. The van der Waals surface area contributed by atoms with Crippen LogP contribution in [0, 0.1) is 40.9 Å². The van der Waals surface area contributed by atoms with Crippen LogP contribution in [0.1, 0.15) is 58.8 Å². The van der Waals surface area contributed by atoms with Gasteiger partial charge in [-0.05, 0) is 67.6 Å². The molecule has 2 nitrogen and oxygen atoms in total. The Bertz CT molecular complexity index is 568. The van der Waals surface area contributed by atoms with Crippen molar-refractivity contribution < 1.29 is 27.1 Å². The van der Waals surface area contributed by atoms with Crippen molar-refractivity contribution >= 4 is 5.97 Å². The first-order valence-electron chi connectivity index (χ1n) is 10.0. The van der Waals surface area contributed by atoms with Crippen LogP contribution in [0.4, 0.5) is 17.6 Å². The summed E-state index contributed by atoms with van der Waals surface area (Å²) in [5, 5.41) is 0. The molecule has 5 aliphatic carbocycles. The first-order chi connectivity index (χ1) is 12.2. The fourth-order valence-electron chi connectivity index (χ4n) is 7.00. The van der Waals surface area contributed by atoms with Crippen LogP contribution in [-0.4, -0.2) is 24.4 Å². The number of esters is 1. The zero-order valence-corrected chi connectivity index (χ0v) is 15.4. The van der Waals surface area contributed by atoms with Gasteiger partial charge in [0.15, 0.2) is 0 Å². The van der Waals surface area contributed by atoms with Crippen LogP contribution in [0.25, 0.3) is 0 Å². The molecule has 0 aromatic rings. The van der Waals surface area contributed by atoms with E-state index in [1.807, 2.05) is 0 Å². The Morgan fingerprint density at radius 3 is 2.31 bits per heavy atom. The maximum atomic E-state index is 13.6. The highest BCUT2D eigenvalue weighted by Gasteiger charge is 2.84. The molecule has 0 aromatic heterocycles. The third-order valence-corrected chi connectivity index (χ3v) is 8.11. The molecule has 148 valence electrons. The highest BCUT2D eigenvalue weighted by molar-refractivity contribution is 5.84. The van der Waals surface area contributed by atoms with E-state index in [2.05, 4.69) is 13.8 Å². The Kier molecular flexibility index (Phi) is 4.35. The summed E-state index contributed by atoms with van der Waals surface area (Å²) >= 11 is 0. The van der Waals surface area contributed by atoms with Crippen molar-refractivity contribution in [2.45, 2.75) is 77.2 Å². The van der Waals surface area contributed by atoms with Crippen LogP contribution in [-0.2, 0) is 9.53 Å². The maximum Gasteiger partial charge on any atom is 0.313 e. The minimum Gasteiger partial charge on any atom is -0.462 e. The number of carbonyl (C=O) groups is 1. The molecule has 4 bridgehead atoms. The fraction of sp³-hybridized carbons (Fsp3) is 0.950. The first-order valence-corrected chi connectivity index (χ1v) is 10.0. The van der Waals surface area contributed by atoms with E-state index in [4.69, 9.17) is 4.74 Å². The molecule has 5 saturated carbocycles. The lowest BCUT2D eigenvalue weighted by Gasteiger charge is -2.31. The standard InChI is InChI=1S/C20H28F4O2/c1-10-14-7-15-17(10)20(15,11(14)2)18(25)26-13-5-3-12(4-6-13)8-19(23,24)9-16(21)22/h10-17H,3-9H2,1-2H3. The van der Waals surface area contributed by atoms with Gasteiger partial charge >= 0.3 is 5.97 Å². The first kappa shape index (κ1) is 18.5. The summed E-state index contributed by atoms with van der Waals surface area (Å²) in [4.78, 5) is 12.9. The zero-order valence-electron chi connectivity index (χ0n) is 15.4. The van der Waals surface area contributed by atoms with Crippen LogP contribution < -0.4 is 0 Å². The van der Waals surface area contributed by atoms with E-state index >= 15 is 0 Å². The van der Waals surface area contributed by atoms with Crippen molar-refractivity contribution in [1.82, 2.24) is 0 Å². The second kappa shape index (κ2) is 6.10. The van der Waals surface area contributed by atoms with Gasteiger partial charge in [-0.1, -0.05) is 13.8 Å². The van der Waals surface area contributed by atoms with Crippen molar-refractivity contribution in [3.8, 4) is 0 Å². The number of rotatable bonds is 6. The summed E-state index contributed by atoms with van der Waals surface area (Å²) in [6.07, 6.45) is -1.69. The Morgan fingerprint density at radius 1 is 1.19 bits per heavy atom. The SMILES string of the molecule is CC1C2CC3C1C3(C(=O)OC1CCC(CC(F)(F)CC(F)F)CC1)C2C. The lowest BCUT2D eigenvalue weighted by atomic mass is 9.83. The van der Waals surface area contributed by atoms with Crippen molar-refractivity contribution in [3.63, 3.8) is 0 Å². The van der Waals surface area contributed by atoms with Gasteiger partial charge < -0.3 is 4.74 Å². The largest absolute Gasteiger partial charge is 0.462 e. The van der Waals surface area contributed by atoms with E-state index < -0.39 is 25.2 Å². The van der Waals surface area contributed by atoms with Crippen LogP contribution in [0.3, 0.4) is 0 Å². The zero-order chi connectivity index (χ0) is 18.9. The van der Waals surface area contributed by atoms with Crippen molar-refractivity contribution in [2.24, 2.45) is 40.9 Å². The molecule has 6 heteroatoms. The maximum absolute atomic E-state index is 13.6. The summed E-state index contributed by atoms with van der Waals surface area (Å²) in [5.41, 5.74) is -0.259. The van der Waals surface area contributed by atoms with Crippen LogP contribution >= 0.6 is 0 Å². The number of alkyl halides is 4. The minimum absolute atomic E-state index is 0.0571. The average molecular weight is 376 g/mol. The Labute approximate surface area is 152 Å². The van der Waals surface area contributed by atoms with Gasteiger partial charge in [0.1, 0.15) is 6.10 Å². The molecule has 5 fully saturated rings. The van der Waals surface area contributed by atoms with Crippen molar-refractivity contribution in [1.29, 1.82) is 0 Å². The van der Waals surface area contributed by atoms with Gasteiger partial charge in [0.05, 0.1) is 11.8 Å². The number of hydrogen-bond acceptors (Lipinski definition) is 2. The lowest BCUT2D eigenvalue weighted by Crippen LogP contribution is -2.33. The summed E-state index contributed by atoms with van der Waals surface area (Å²) < 4.78 is 57.5. The van der Waals surface area contributed by atoms with Gasteiger partial charge in [-0.2, -0.15) is 0 Å². The highest BCUT2D eigenvalue weighted by Crippen LogP contribution is 2.83. The summed E-state index contributed by atoms with van der Waals surface area (Å²) in [6, 6.07) is 0. The van der Waals surface area contributed by atoms with E-state index in [1.54, 1.807) is 0 Å². The molecule has 0 N–H and O–H groups in total. The Morgan fingerprint density at radius 2 is 1.85 bits per heavy atom. The lowest BCUT2D eigenvalue weighted by molar-refractivity contribution is -0.160. The summed E-state index contributed by atoms with van der Waals surface area (Å²) in [5.74, 6) is -1.00. The molecule has 6 atom stereocenters. The molecule has 0 saturated heterocycles. The second-order valence-electron chi connectivity index (χ2n) is 9.32. The van der Waals surface area contributed by atoms with Gasteiger partial charge in [0.2, 0.25) is 6.43 Å². The molecule has 0 spiro atoms. The van der Waals surface area contributed by atoms with Crippen LogP contribution in [0.5, 0.6) is 0 Å². The normalized spacial score (nSPS) is 46.7. The van der Waals surface area contributed by atoms with Crippen molar-refractivity contribution in [2.75, 3.05) is 0 Å². The van der Waals surface area contributed by atoms with Crippen LogP contribution in [0.15, 0.2) is 0 Å². The molecule has 0 heterocycles. The van der Waals surface area contributed by atoms with Gasteiger partial charge in [-0.15, -0.1) is 0 Å². The third-order valence-electron chi connectivity index (χ3n) is 8.11. The predicted octanol–water partition coefficient (Wildman–Crippen LogP) is 5.31. The molecule has 0 radical (unpaired) electrons. The molecule has 0 amide bonds. The number of hydrogen-bond donors (Lipinski definition) is 0. The molecular formula is C20H28F4O2. The fourth-order valence-corrected chi connectivity index (χ4v) is 7.00. The molecule has 26 heavy (non-hydrogen) atoms. The molecular weight excluding hydrogens is 348 g/mol. The molecule has 0 aromatic carbocycles. The second-order valence-corrected chi connectivity index (χ2v) is 9.32. The minimum atomic E-state index is -3.31. The van der Waals surface area contributed by atoms with E-state index in [0.29, 0.717) is 55.3 Å². The number of halogens is 4. The van der Waals surface area contributed by atoms with Gasteiger partial charge in [-0.3, -0.25) is 4.79 Å². The van der Waals surface area contributed by atoms with E-state index in [9.17, 15) is 22.4 Å². The molecule has 6 unspecified atom stereocenters. The Hall–Kier alpha value is -0.810. The van der Waals surface area contributed by atoms with Gasteiger partial charge in [0.25, 0.3) is 5.92 Å². The smallest absolute Gasteiger partial charge is 0.313 e. The van der Waals surface area contributed by atoms with E-state index in [-0.39, 0.29) is 23.4 Å². The quantitative estimate of drug-likeness (QED) is 0.464. The topological polar surface area (TPSA) is 26.3 Å². The molecule has 5 aliphatic rings. The van der Waals surface area contributed by atoms with Crippen LogP contribution in [0.2, 0.25) is 0 Å². The third kappa shape index (κ3) is 2.69. The van der Waals surface area contributed by atoms with E-state index in [1.165, 1.54) is 0 Å².